The summed E-state index contributed by atoms with van der Waals surface area (Å²) < 4.78 is 0. The summed E-state index contributed by atoms with van der Waals surface area (Å²) >= 11 is 0. The summed E-state index contributed by atoms with van der Waals surface area (Å²) in [6, 6.07) is 6.43. The van der Waals surface area contributed by atoms with Gasteiger partial charge in [-0.2, -0.15) is 0 Å². The Kier molecular flexibility index (Phi) is 4.50. The zero-order valence-corrected chi connectivity index (χ0v) is 12.7. The molecule has 0 radical (unpaired) electrons. The van der Waals surface area contributed by atoms with E-state index < -0.39 is 12.0 Å². The quantitative estimate of drug-likeness (QED) is 0.927. The number of nitrogens with zero attached hydrogens (tertiary/aromatic N) is 2. The van der Waals surface area contributed by atoms with Crippen molar-refractivity contribution in [3.05, 3.63) is 29.8 Å². The van der Waals surface area contributed by atoms with Gasteiger partial charge in [-0.25, -0.2) is 9.59 Å². The molecule has 114 valence electrons. The highest BCUT2D eigenvalue weighted by atomic mass is 16.4. The molecule has 0 saturated heterocycles. The molecule has 2 atom stereocenters. The Balaban J connectivity index is 2.30. The van der Waals surface area contributed by atoms with Crippen LogP contribution in [0.25, 0.3) is 0 Å². The lowest BCUT2D eigenvalue weighted by Crippen LogP contribution is -2.50. The Morgan fingerprint density at radius 3 is 2.71 bits per heavy atom. The van der Waals surface area contributed by atoms with Crippen LogP contribution < -0.4 is 4.90 Å². The van der Waals surface area contributed by atoms with Gasteiger partial charge in [0, 0.05) is 25.2 Å². The number of carbonyl (C=O) groups is 2. The first-order chi connectivity index (χ1) is 9.97. The molecule has 0 fully saturated rings. The molecule has 5 heteroatoms. The second-order valence-electron chi connectivity index (χ2n) is 5.59. The van der Waals surface area contributed by atoms with Gasteiger partial charge in [0.25, 0.3) is 0 Å². The summed E-state index contributed by atoms with van der Waals surface area (Å²) in [5.41, 5.74) is 1.63. The van der Waals surface area contributed by atoms with Gasteiger partial charge < -0.3 is 10.0 Å². The van der Waals surface area contributed by atoms with E-state index in [0.29, 0.717) is 12.1 Å². The molecule has 1 aromatic rings. The zero-order valence-electron chi connectivity index (χ0n) is 12.7. The van der Waals surface area contributed by atoms with Crippen LogP contribution >= 0.6 is 0 Å². The van der Waals surface area contributed by atoms with Crippen LogP contribution in [0.3, 0.4) is 0 Å². The van der Waals surface area contributed by atoms with Crippen molar-refractivity contribution in [3.8, 4) is 0 Å². The summed E-state index contributed by atoms with van der Waals surface area (Å²) in [4.78, 5) is 27.3. The molecule has 1 unspecified atom stereocenters. The van der Waals surface area contributed by atoms with Crippen molar-refractivity contribution in [2.24, 2.45) is 0 Å². The highest BCUT2D eigenvalue weighted by Crippen LogP contribution is 2.33. The smallest absolute Gasteiger partial charge is 0.327 e. The molecule has 1 heterocycles. The lowest BCUT2D eigenvalue weighted by molar-refractivity contribution is -0.138. The predicted octanol–water partition coefficient (Wildman–Crippen LogP) is 2.74. The number of carboxylic acids is 1. The van der Waals surface area contributed by atoms with Gasteiger partial charge in [-0.1, -0.05) is 31.5 Å². The van der Waals surface area contributed by atoms with E-state index in [2.05, 4.69) is 6.92 Å². The van der Waals surface area contributed by atoms with Crippen molar-refractivity contribution in [1.82, 2.24) is 4.90 Å². The maximum Gasteiger partial charge on any atom is 0.327 e. The summed E-state index contributed by atoms with van der Waals surface area (Å²) in [7, 11) is 1.74. The van der Waals surface area contributed by atoms with Gasteiger partial charge in [0.2, 0.25) is 0 Å². The number of amides is 2. The first-order valence-corrected chi connectivity index (χ1v) is 7.34. The maximum absolute atomic E-state index is 12.7. The number of para-hydroxylation sites is 1. The first-order valence-electron chi connectivity index (χ1n) is 7.34. The van der Waals surface area contributed by atoms with Crippen LogP contribution in [0.4, 0.5) is 10.5 Å². The Labute approximate surface area is 125 Å². The average molecular weight is 290 g/mol. The highest BCUT2D eigenvalue weighted by Gasteiger charge is 2.40. The standard InChI is InChI=1S/C16H22N2O3/c1-4-7-11(2)17(3)16(21)18-13-9-6-5-8-12(13)10-14(18)15(19)20/h5-6,8-9,11,14H,4,7,10H2,1-3H3,(H,19,20)/t11?,14-/m0/s1. The van der Waals surface area contributed by atoms with Crippen LogP contribution in [0.1, 0.15) is 32.3 Å². The van der Waals surface area contributed by atoms with Gasteiger partial charge in [0.1, 0.15) is 6.04 Å². The minimum atomic E-state index is -0.962. The summed E-state index contributed by atoms with van der Waals surface area (Å²) in [5.74, 6) is -0.962. The highest BCUT2D eigenvalue weighted by molar-refractivity contribution is 6.01. The van der Waals surface area contributed by atoms with Crippen LogP contribution in [-0.2, 0) is 11.2 Å². The molecule has 0 aromatic heterocycles. The molecule has 2 rings (SSSR count). The molecule has 1 aliphatic heterocycles. The number of anilines is 1. The Bertz CT molecular complexity index is 544. The Hall–Kier alpha value is -2.04. The molecule has 21 heavy (non-hydrogen) atoms. The summed E-state index contributed by atoms with van der Waals surface area (Å²) in [6.07, 6.45) is 2.25. The maximum atomic E-state index is 12.7. The third kappa shape index (κ3) is 2.86. The van der Waals surface area contributed by atoms with E-state index >= 15 is 0 Å². The molecule has 2 amide bonds. The molecule has 0 aliphatic carbocycles. The predicted molar refractivity (Wildman–Crippen MR) is 81.6 cm³/mol. The average Bonchev–Trinajstić information content (AvgIpc) is 2.85. The number of hydrogen-bond acceptors (Lipinski definition) is 2. The number of fused-ring (bicyclic) bond motifs is 1. The molecule has 0 saturated carbocycles. The number of rotatable bonds is 4. The molecule has 1 aromatic carbocycles. The van der Waals surface area contributed by atoms with Gasteiger partial charge in [-0.15, -0.1) is 0 Å². The van der Waals surface area contributed by atoms with Gasteiger partial charge in [0.05, 0.1) is 0 Å². The van der Waals surface area contributed by atoms with Crippen LogP contribution in [0.2, 0.25) is 0 Å². The number of hydrogen-bond donors (Lipinski definition) is 1. The lowest BCUT2D eigenvalue weighted by atomic mass is 10.1. The fraction of sp³-hybridized carbons (Fsp3) is 0.500. The number of aliphatic carboxylic acids is 1. The molecule has 1 N–H and O–H groups in total. The van der Waals surface area contributed by atoms with Crippen LogP contribution in [0, 0.1) is 0 Å². The fourth-order valence-electron chi connectivity index (χ4n) is 2.79. The topological polar surface area (TPSA) is 60.9 Å². The van der Waals surface area contributed by atoms with Gasteiger partial charge in [0.15, 0.2) is 0 Å². The van der Waals surface area contributed by atoms with Crippen molar-refractivity contribution < 1.29 is 14.7 Å². The number of benzene rings is 1. The second-order valence-corrected chi connectivity index (χ2v) is 5.59. The fourth-order valence-corrected chi connectivity index (χ4v) is 2.79. The van der Waals surface area contributed by atoms with Crippen molar-refractivity contribution in [2.45, 2.75) is 45.2 Å². The van der Waals surface area contributed by atoms with E-state index in [9.17, 15) is 14.7 Å². The van der Waals surface area contributed by atoms with Crippen molar-refractivity contribution in [2.75, 3.05) is 11.9 Å². The number of carbonyl (C=O) groups excluding carboxylic acids is 1. The van der Waals surface area contributed by atoms with E-state index in [0.717, 1.165) is 18.4 Å². The molecule has 1 aliphatic rings. The van der Waals surface area contributed by atoms with Crippen LogP contribution in [0.15, 0.2) is 24.3 Å². The van der Waals surface area contributed by atoms with Crippen molar-refractivity contribution in [3.63, 3.8) is 0 Å². The summed E-state index contributed by atoms with van der Waals surface area (Å²) in [5, 5.41) is 9.42. The van der Waals surface area contributed by atoms with Crippen LogP contribution in [0.5, 0.6) is 0 Å². The number of urea groups is 1. The van der Waals surface area contributed by atoms with Gasteiger partial charge in [-0.3, -0.25) is 4.90 Å². The third-order valence-corrected chi connectivity index (χ3v) is 4.14. The lowest BCUT2D eigenvalue weighted by Gasteiger charge is -2.32. The second kappa shape index (κ2) is 6.16. The minimum absolute atomic E-state index is 0.0877. The molecule has 0 bridgehead atoms. The third-order valence-electron chi connectivity index (χ3n) is 4.14. The Morgan fingerprint density at radius 1 is 1.43 bits per heavy atom. The largest absolute Gasteiger partial charge is 0.480 e. The van der Waals surface area contributed by atoms with Crippen LogP contribution in [-0.4, -0.2) is 41.1 Å². The van der Waals surface area contributed by atoms with Crippen molar-refractivity contribution >= 4 is 17.7 Å². The normalized spacial score (nSPS) is 18.2. The van der Waals surface area contributed by atoms with Gasteiger partial charge >= 0.3 is 12.0 Å². The van der Waals surface area contributed by atoms with E-state index in [1.807, 2.05) is 31.2 Å². The van der Waals surface area contributed by atoms with E-state index in [1.165, 1.54) is 4.90 Å². The first kappa shape index (κ1) is 15.4. The Morgan fingerprint density at radius 2 is 2.10 bits per heavy atom. The SMILES string of the molecule is CCCC(C)N(C)C(=O)N1c2ccccc2C[C@H]1C(=O)O. The zero-order chi connectivity index (χ0) is 15.6. The monoisotopic (exact) mass is 290 g/mol. The van der Waals surface area contributed by atoms with E-state index in [-0.39, 0.29) is 12.1 Å². The minimum Gasteiger partial charge on any atom is -0.480 e. The molecular formula is C16H22N2O3. The van der Waals surface area contributed by atoms with Crippen molar-refractivity contribution in [1.29, 1.82) is 0 Å². The van der Waals surface area contributed by atoms with E-state index in [4.69, 9.17) is 0 Å². The van der Waals surface area contributed by atoms with Gasteiger partial charge in [-0.05, 0) is 25.0 Å². The summed E-state index contributed by atoms with van der Waals surface area (Å²) in [6.45, 7) is 4.05. The molecule has 5 nitrogen and oxygen atoms in total. The molecule has 0 spiro atoms. The molecular weight excluding hydrogens is 268 g/mol. The number of carboxylic acid groups (broad SMARTS) is 1. The van der Waals surface area contributed by atoms with E-state index in [1.54, 1.807) is 11.9 Å².